The van der Waals surface area contributed by atoms with E-state index in [4.69, 9.17) is 0 Å². The van der Waals surface area contributed by atoms with Gasteiger partial charge in [0.15, 0.2) is 0 Å². The van der Waals surface area contributed by atoms with Gasteiger partial charge >= 0.3 is 6.18 Å². The Bertz CT molecular complexity index is 1150. The smallest absolute Gasteiger partial charge is 0.378 e. The molecular formula is C33H42F4N2. The molecule has 212 valence electrons. The van der Waals surface area contributed by atoms with Crippen molar-refractivity contribution in [3.8, 4) is 0 Å². The number of halogens is 4. The molecule has 1 aliphatic carbocycles. The van der Waals surface area contributed by atoms with Gasteiger partial charge in [-0.1, -0.05) is 83.6 Å². The van der Waals surface area contributed by atoms with Crippen molar-refractivity contribution >= 4 is 5.70 Å². The highest BCUT2D eigenvalue weighted by Gasteiger charge is 2.35. The predicted molar refractivity (Wildman–Crippen MR) is 153 cm³/mol. The van der Waals surface area contributed by atoms with E-state index < -0.39 is 17.8 Å². The largest absolute Gasteiger partial charge is 0.416 e. The summed E-state index contributed by atoms with van der Waals surface area (Å²) < 4.78 is 54.7. The Kier molecular flexibility index (Phi) is 11.3. The SMILES string of the molecule is C=C(NC1=CC(c2ccccc2C(F)(F)F)NC(C2CCCCC2)=C1)c1ccc(F)cc1C.CCCCCC. The normalized spacial score (nSPS) is 17.8. The van der Waals surface area contributed by atoms with Crippen LogP contribution in [0, 0.1) is 18.7 Å². The lowest BCUT2D eigenvalue weighted by Crippen LogP contribution is -2.31. The molecule has 1 heterocycles. The van der Waals surface area contributed by atoms with Gasteiger partial charge < -0.3 is 10.6 Å². The Balaban J connectivity index is 0.000000631. The second kappa shape index (κ2) is 14.4. The molecule has 2 N–H and O–H groups in total. The summed E-state index contributed by atoms with van der Waals surface area (Å²) in [6, 6.07) is 9.53. The van der Waals surface area contributed by atoms with Crippen LogP contribution in [0.4, 0.5) is 17.6 Å². The number of rotatable bonds is 8. The van der Waals surface area contributed by atoms with E-state index in [1.807, 2.05) is 6.08 Å². The summed E-state index contributed by atoms with van der Waals surface area (Å²) in [6.45, 7) is 10.4. The van der Waals surface area contributed by atoms with Crippen molar-refractivity contribution in [2.45, 2.75) is 90.8 Å². The van der Waals surface area contributed by atoms with Gasteiger partial charge in [0, 0.05) is 22.7 Å². The van der Waals surface area contributed by atoms with Crippen molar-refractivity contribution < 1.29 is 17.6 Å². The first-order valence-electron chi connectivity index (χ1n) is 14.2. The molecule has 1 atom stereocenters. The average molecular weight is 543 g/mol. The summed E-state index contributed by atoms with van der Waals surface area (Å²) in [4.78, 5) is 0. The Morgan fingerprint density at radius 3 is 2.28 bits per heavy atom. The summed E-state index contributed by atoms with van der Waals surface area (Å²) in [5.41, 5.74) is 3.25. The van der Waals surface area contributed by atoms with Crippen molar-refractivity contribution in [2.24, 2.45) is 5.92 Å². The van der Waals surface area contributed by atoms with Crippen LogP contribution in [0.5, 0.6) is 0 Å². The van der Waals surface area contributed by atoms with Gasteiger partial charge in [-0.25, -0.2) is 4.39 Å². The van der Waals surface area contributed by atoms with E-state index in [1.54, 1.807) is 25.1 Å². The lowest BCUT2D eigenvalue weighted by Gasteiger charge is -2.33. The summed E-state index contributed by atoms with van der Waals surface area (Å²) in [7, 11) is 0. The Hall–Kier alpha value is -3.02. The molecule has 0 aromatic heterocycles. The zero-order valence-electron chi connectivity index (χ0n) is 23.4. The van der Waals surface area contributed by atoms with Gasteiger partial charge in [0.1, 0.15) is 5.82 Å². The maximum atomic E-state index is 13.7. The van der Waals surface area contributed by atoms with E-state index in [0.717, 1.165) is 48.6 Å². The van der Waals surface area contributed by atoms with Crippen molar-refractivity contribution in [3.05, 3.63) is 101 Å². The van der Waals surface area contributed by atoms with Crippen LogP contribution in [0.15, 0.2) is 72.6 Å². The van der Waals surface area contributed by atoms with E-state index in [1.165, 1.54) is 56.4 Å². The highest BCUT2D eigenvalue weighted by atomic mass is 19.4. The van der Waals surface area contributed by atoms with Crippen molar-refractivity contribution in [3.63, 3.8) is 0 Å². The molecule has 4 rings (SSSR count). The number of nitrogens with one attached hydrogen (secondary N) is 2. The molecule has 0 bridgehead atoms. The molecule has 39 heavy (non-hydrogen) atoms. The Labute approximate surface area is 231 Å². The van der Waals surface area contributed by atoms with Gasteiger partial charge in [-0.15, -0.1) is 0 Å². The van der Waals surface area contributed by atoms with Crippen LogP contribution in [0.2, 0.25) is 0 Å². The van der Waals surface area contributed by atoms with Crippen molar-refractivity contribution in [2.75, 3.05) is 0 Å². The molecule has 1 unspecified atom stereocenters. The molecule has 2 aromatic carbocycles. The first-order valence-corrected chi connectivity index (χ1v) is 14.2. The third-order valence-corrected chi connectivity index (χ3v) is 7.39. The first-order chi connectivity index (χ1) is 18.6. The number of allylic oxidation sites excluding steroid dienone is 2. The van der Waals surface area contributed by atoms with Crippen molar-refractivity contribution in [1.82, 2.24) is 10.6 Å². The number of benzene rings is 2. The quantitative estimate of drug-likeness (QED) is 0.256. The second-order valence-electron chi connectivity index (χ2n) is 10.5. The van der Waals surface area contributed by atoms with Crippen molar-refractivity contribution in [1.29, 1.82) is 0 Å². The fourth-order valence-electron chi connectivity index (χ4n) is 5.29. The molecular weight excluding hydrogens is 500 g/mol. The van der Waals surface area contributed by atoms with Gasteiger partial charge in [-0.2, -0.15) is 13.2 Å². The zero-order valence-corrected chi connectivity index (χ0v) is 23.4. The third kappa shape index (κ3) is 8.74. The lowest BCUT2D eigenvalue weighted by atomic mass is 9.84. The highest BCUT2D eigenvalue weighted by molar-refractivity contribution is 5.67. The monoisotopic (exact) mass is 542 g/mol. The number of aryl methyl sites for hydroxylation is 1. The summed E-state index contributed by atoms with van der Waals surface area (Å²) in [5, 5.41) is 6.65. The fourth-order valence-corrected chi connectivity index (χ4v) is 5.29. The van der Waals surface area contributed by atoms with E-state index in [9.17, 15) is 17.6 Å². The number of unbranched alkanes of at least 4 members (excludes halogenated alkanes) is 3. The molecule has 2 aliphatic rings. The summed E-state index contributed by atoms with van der Waals surface area (Å²) in [6.07, 6.45) is 10.3. The first kappa shape index (κ1) is 30.5. The minimum Gasteiger partial charge on any atom is -0.378 e. The lowest BCUT2D eigenvalue weighted by molar-refractivity contribution is -0.138. The minimum atomic E-state index is -4.44. The molecule has 0 radical (unpaired) electrons. The molecule has 0 amide bonds. The van der Waals surface area contributed by atoms with Gasteiger partial charge in [-0.3, -0.25) is 0 Å². The number of hydrogen-bond donors (Lipinski definition) is 2. The van der Waals surface area contributed by atoms with Crippen LogP contribution < -0.4 is 10.6 Å². The van der Waals surface area contributed by atoms with Crippen LogP contribution in [0.3, 0.4) is 0 Å². The molecule has 1 aliphatic heterocycles. The number of dihydropyridines is 1. The molecule has 6 heteroatoms. The maximum absolute atomic E-state index is 13.7. The van der Waals surface area contributed by atoms with Crippen LogP contribution in [-0.2, 0) is 6.18 Å². The molecule has 1 saturated carbocycles. The van der Waals surface area contributed by atoms with Gasteiger partial charge in [0.05, 0.1) is 11.6 Å². The van der Waals surface area contributed by atoms with E-state index in [-0.39, 0.29) is 17.3 Å². The molecule has 0 spiro atoms. The molecule has 1 fully saturated rings. The Morgan fingerprint density at radius 2 is 1.67 bits per heavy atom. The number of hydrogen-bond acceptors (Lipinski definition) is 2. The third-order valence-electron chi connectivity index (χ3n) is 7.39. The van der Waals surface area contributed by atoms with Crippen LogP contribution in [0.1, 0.15) is 99.9 Å². The standard InChI is InChI=1S/C27H28F4N2.C6H14/c1-17-14-20(28)12-13-22(17)18(2)32-21-15-25(19-8-4-3-5-9-19)33-26(16-21)23-10-6-7-11-24(23)27(29,30)31;1-3-5-6-4-2/h6-7,10-16,19,26,32-33H,2-5,8-9H2,1H3;3-6H2,1-2H3. The van der Waals surface area contributed by atoms with E-state index >= 15 is 0 Å². The Morgan fingerprint density at radius 1 is 1.00 bits per heavy atom. The topological polar surface area (TPSA) is 24.1 Å². The highest BCUT2D eigenvalue weighted by Crippen LogP contribution is 2.38. The molecule has 2 aromatic rings. The van der Waals surface area contributed by atoms with Crippen LogP contribution in [-0.4, -0.2) is 0 Å². The maximum Gasteiger partial charge on any atom is 0.416 e. The summed E-state index contributed by atoms with van der Waals surface area (Å²) in [5.74, 6) is -0.0425. The fraction of sp³-hybridized carbons (Fsp3) is 0.455. The van der Waals surface area contributed by atoms with Crippen LogP contribution in [0.25, 0.3) is 5.70 Å². The van der Waals surface area contributed by atoms with Gasteiger partial charge in [-0.05, 0) is 73.2 Å². The summed E-state index contributed by atoms with van der Waals surface area (Å²) >= 11 is 0. The predicted octanol–water partition coefficient (Wildman–Crippen LogP) is 9.99. The zero-order chi connectivity index (χ0) is 28.4. The minimum absolute atomic E-state index is 0.189. The van der Waals surface area contributed by atoms with Crippen LogP contribution >= 0.6 is 0 Å². The average Bonchev–Trinajstić information content (AvgIpc) is 2.92. The number of alkyl halides is 3. The molecule has 0 saturated heterocycles. The van der Waals surface area contributed by atoms with Gasteiger partial charge in [0.25, 0.3) is 0 Å². The van der Waals surface area contributed by atoms with E-state index in [0.29, 0.717) is 11.4 Å². The van der Waals surface area contributed by atoms with E-state index in [2.05, 4.69) is 31.1 Å². The second-order valence-corrected chi connectivity index (χ2v) is 10.5. The molecule has 2 nitrogen and oxygen atoms in total. The van der Waals surface area contributed by atoms with Gasteiger partial charge in [0.2, 0.25) is 0 Å².